The minimum absolute atomic E-state index is 0.0153. The highest BCUT2D eigenvalue weighted by Crippen LogP contribution is 2.30. The Bertz CT molecular complexity index is 763. The minimum Gasteiger partial charge on any atom is -0.481 e. The van der Waals surface area contributed by atoms with Crippen molar-refractivity contribution in [1.82, 2.24) is 9.88 Å². The van der Waals surface area contributed by atoms with Gasteiger partial charge in [0.15, 0.2) is 6.61 Å². The fourth-order valence-electron chi connectivity index (χ4n) is 3.05. The van der Waals surface area contributed by atoms with E-state index in [2.05, 4.69) is 18.8 Å². The van der Waals surface area contributed by atoms with Gasteiger partial charge in [-0.1, -0.05) is 25.4 Å². The predicted molar refractivity (Wildman–Crippen MR) is 95.2 cm³/mol. The highest BCUT2D eigenvalue weighted by Gasteiger charge is 2.35. The highest BCUT2D eigenvalue weighted by molar-refractivity contribution is 6.35. The van der Waals surface area contributed by atoms with E-state index in [0.29, 0.717) is 29.4 Å². The molecule has 1 fully saturated rings. The van der Waals surface area contributed by atoms with Crippen molar-refractivity contribution in [3.05, 3.63) is 35.5 Å². The number of carbonyl (C=O) groups excluding carboxylic acids is 1. The monoisotopic (exact) mass is 347 g/mol. The number of rotatable bonds is 3. The van der Waals surface area contributed by atoms with Gasteiger partial charge in [-0.15, -0.1) is 0 Å². The third-order valence-electron chi connectivity index (χ3n) is 4.70. The first-order valence-electron chi connectivity index (χ1n) is 8.08. The molecule has 5 nitrogen and oxygen atoms in total. The Morgan fingerprint density at radius 2 is 2.25 bits per heavy atom. The second kappa shape index (κ2) is 6.57. The summed E-state index contributed by atoms with van der Waals surface area (Å²) in [7, 11) is 0. The number of hydrogen-bond acceptors (Lipinski definition) is 4. The molecule has 3 rings (SSSR count). The standard InChI is InChI=1S/C18H22ClN3O2/c1-18(2)11-22(9-7-15(18)20)16(23)10-24-14-6-5-13(19)12-4-3-8-21-17(12)14/h3-6,8,15H,7,9-11,20H2,1-2H3. The number of benzene rings is 1. The summed E-state index contributed by atoms with van der Waals surface area (Å²) in [4.78, 5) is 18.6. The predicted octanol–water partition coefficient (Wildman–Crippen LogP) is 2.85. The van der Waals surface area contributed by atoms with E-state index in [4.69, 9.17) is 22.1 Å². The maximum absolute atomic E-state index is 12.5. The number of pyridine rings is 1. The van der Waals surface area contributed by atoms with Gasteiger partial charge in [-0.05, 0) is 36.1 Å². The van der Waals surface area contributed by atoms with Crippen molar-refractivity contribution in [2.45, 2.75) is 26.3 Å². The summed E-state index contributed by atoms with van der Waals surface area (Å²) in [6.07, 6.45) is 2.49. The maximum atomic E-state index is 12.5. The number of nitrogens with two attached hydrogens (primary N) is 1. The third kappa shape index (κ3) is 3.32. The van der Waals surface area contributed by atoms with Crippen molar-refractivity contribution in [1.29, 1.82) is 0 Å². The lowest BCUT2D eigenvalue weighted by Crippen LogP contribution is -2.54. The molecule has 1 aromatic carbocycles. The van der Waals surface area contributed by atoms with E-state index in [-0.39, 0.29) is 24.0 Å². The van der Waals surface area contributed by atoms with Crippen molar-refractivity contribution in [3.8, 4) is 5.75 Å². The molecule has 0 spiro atoms. The van der Waals surface area contributed by atoms with Crippen LogP contribution in [0.25, 0.3) is 10.9 Å². The zero-order chi connectivity index (χ0) is 17.3. The van der Waals surface area contributed by atoms with Crippen LogP contribution in [0.5, 0.6) is 5.75 Å². The molecule has 1 atom stereocenters. The van der Waals surface area contributed by atoms with Crippen molar-refractivity contribution in [3.63, 3.8) is 0 Å². The number of aromatic nitrogens is 1. The molecule has 1 aromatic heterocycles. The fraction of sp³-hybridized carbons (Fsp3) is 0.444. The van der Waals surface area contributed by atoms with E-state index in [9.17, 15) is 4.79 Å². The maximum Gasteiger partial charge on any atom is 0.260 e. The first kappa shape index (κ1) is 17.0. The van der Waals surface area contributed by atoms with Gasteiger partial charge >= 0.3 is 0 Å². The smallest absolute Gasteiger partial charge is 0.260 e. The van der Waals surface area contributed by atoms with Crippen molar-refractivity contribution in [2.75, 3.05) is 19.7 Å². The second-order valence-electron chi connectivity index (χ2n) is 6.93. The van der Waals surface area contributed by atoms with Crippen LogP contribution in [0.4, 0.5) is 0 Å². The zero-order valence-electron chi connectivity index (χ0n) is 14.0. The van der Waals surface area contributed by atoms with E-state index in [1.54, 1.807) is 18.3 Å². The molecular weight excluding hydrogens is 326 g/mol. The molecule has 1 aliphatic heterocycles. The van der Waals surface area contributed by atoms with Gasteiger partial charge < -0.3 is 15.4 Å². The Kier molecular flexibility index (Phi) is 4.65. The Labute approximate surface area is 146 Å². The Morgan fingerprint density at radius 1 is 1.46 bits per heavy atom. The topological polar surface area (TPSA) is 68.5 Å². The van der Waals surface area contributed by atoms with Crippen molar-refractivity contribution < 1.29 is 9.53 Å². The summed E-state index contributed by atoms with van der Waals surface area (Å²) < 4.78 is 5.74. The lowest BCUT2D eigenvalue weighted by atomic mass is 9.80. The van der Waals surface area contributed by atoms with Gasteiger partial charge in [0, 0.05) is 30.7 Å². The second-order valence-corrected chi connectivity index (χ2v) is 7.34. The number of likely N-dealkylation sites (tertiary alicyclic amines) is 1. The Morgan fingerprint density at radius 3 is 3.00 bits per heavy atom. The normalized spacial score (nSPS) is 20.2. The summed E-state index contributed by atoms with van der Waals surface area (Å²) in [5, 5.41) is 1.43. The SMILES string of the molecule is CC1(C)CN(C(=O)COc2ccc(Cl)c3cccnc23)CCC1N. The molecule has 128 valence electrons. The van der Waals surface area contributed by atoms with E-state index < -0.39 is 0 Å². The molecule has 24 heavy (non-hydrogen) atoms. The molecule has 1 saturated heterocycles. The molecule has 1 amide bonds. The molecule has 2 N–H and O–H groups in total. The highest BCUT2D eigenvalue weighted by atomic mass is 35.5. The first-order chi connectivity index (χ1) is 11.4. The van der Waals surface area contributed by atoms with Crippen LogP contribution in [0.15, 0.2) is 30.5 Å². The van der Waals surface area contributed by atoms with Gasteiger partial charge in [0.1, 0.15) is 11.3 Å². The summed E-state index contributed by atoms with van der Waals surface area (Å²) in [6, 6.07) is 7.33. The lowest BCUT2D eigenvalue weighted by Gasteiger charge is -2.42. The van der Waals surface area contributed by atoms with Crippen LogP contribution in [0.2, 0.25) is 5.02 Å². The Hall–Kier alpha value is -1.85. The van der Waals surface area contributed by atoms with Crippen LogP contribution in [-0.2, 0) is 4.79 Å². The fourth-order valence-corrected chi connectivity index (χ4v) is 3.26. The average molecular weight is 348 g/mol. The number of amides is 1. The molecule has 0 bridgehead atoms. The van der Waals surface area contributed by atoms with Gasteiger partial charge in [-0.3, -0.25) is 9.78 Å². The molecule has 0 radical (unpaired) electrons. The van der Waals surface area contributed by atoms with Crippen LogP contribution in [0.1, 0.15) is 20.3 Å². The van der Waals surface area contributed by atoms with E-state index >= 15 is 0 Å². The Balaban J connectivity index is 1.70. The lowest BCUT2D eigenvalue weighted by molar-refractivity contribution is -0.136. The number of ether oxygens (including phenoxy) is 1. The van der Waals surface area contributed by atoms with Crippen molar-refractivity contribution >= 4 is 28.4 Å². The van der Waals surface area contributed by atoms with Crippen LogP contribution in [-0.4, -0.2) is 41.5 Å². The number of hydrogen-bond donors (Lipinski definition) is 1. The molecule has 0 aliphatic carbocycles. The number of carbonyl (C=O) groups is 1. The van der Waals surface area contributed by atoms with Crippen LogP contribution >= 0.6 is 11.6 Å². The summed E-state index contributed by atoms with van der Waals surface area (Å²) in [6.45, 7) is 5.49. The van der Waals surface area contributed by atoms with E-state index in [1.807, 2.05) is 17.0 Å². The average Bonchev–Trinajstić information content (AvgIpc) is 2.56. The third-order valence-corrected chi connectivity index (χ3v) is 5.03. The van der Waals surface area contributed by atoms with E-state index in [1.165, 1.54) is 0 Å². The summed E-state index contributed by atoms with van der Waals surface area (Å²) >= 11 is 6.18. The molecule has 2 heterocycles. The van der Waals surface area contributed by atoms with Crippen molar-refractivity contribution in [2.24, 2.45) is 11.1 Å². The quantitative estimate of drug-likeness (QED) is 0.927. The van der Waals surface area contributed by atoms with Gasteiger partial charge in [0.05, 0.1) is 5.02 Å². The molecular formula is C18H22ClN3O2. The van der Waals surface area contributed by atoms with Crippen LogP contribution in [0, 0.1) is 5.41 Å². The summed E-state index contributed by atoms with van der Waals surface area (Å²) in [5.41, 5.74) is 6.71. The first-order valence-corrected chi connectivity index (χ1v) is 8.46. The van der Waals surface area contributed by atoms with Gasteiger partial charge in [0.25, 0.3) is 5.91 Å². The minimum atomic E-state index is -0.0809. The molecule has 6 heteroatoms. The number of piperidine rings is 1. The largest absolute Gasteiger partial charge is 0.481 e. The van der Waals surface area contributed by atoms with E-state index in [0.717, 1.165) is 11.8 Å². The molecule has 2 aromatic rings. The number of halogens is 1. The summed E-state index contributed by atoms with van der Waals surface area (Å²) in [5.74, 6) is 0.533. The van der Waals surface area contributed by atoms with Gasteiger partial charge in [0.2, 0.25) is 0 Å². The van der Waals surface area contributed by atoms with Gasteiger partial charge in [-0.25, -0.2) is 0 Å². The zero-order valence-corrected chi connectivity index (χ0v) is 14.7. The van der Waals surface area contributed by atoms with Crippen LogP contribution < -0.4 is 10.5 Å². The van der Waals surface area contributed by atoms with Crippen LogP contribution in [0.3, 0.4) is 0 Å². The van der Waals surface area contributed by atoms with Gasteiger partial charge in [-0.2, -0.15) is 0 Å². The molecule has 1 aliphatic rings. The molecule has 1 unspecified atom stereocenters. The number of fused-ring (bicyclic) bond motifs is 1. The molecule has 0 saturated carbocycles. The number of nitrogens with zero attached hydrogens (tertiary/aromatic N) is 2.